The van der Waals surface area contributed by atoms with Gasteiger partial charge < -0.3 is 15.5 Å². The Morgan fingerprint density at radius 2 is 1.78 bits per heavy atom. The Bertz CT molecular complexity index is 1300. The number of aromatic nitrogens is 2. The van der Waals surface area contributed by atoms with Crippen molar-refractivity contribution in [1.29, 1.82) is 0 Å². The topological polar surface area (TPSA) is 53.1 Å². The molecule has 1 fully saturated rings. The Labute approximate surface area is 216 Å². The minimum Gasteiger partial charge on any atom is -0.368 e. The Hall–Kier alpha value is -3.13. The SMILES string of the molecule is CC(C)N1CC(C)(C)Cc2c(F)cc(-c3nc(Nc4ccc(C5CCNCC5)c(F)c4)ncc3F)cc21. The molecule has 0 bridgehead atoms. The second-order valence-electron chi connectivity index (χ2n) is 11.3. The predicted molar refractivity (Wildman–Crippen MR) is 142 cm³/mol. The summed E-state index contributed by atoms with van der Waals surface area (Å²) in [7, 11) is 0. The molecule has 0 radical (unpaired) electrons. The molecule has 0 unspecified atom stereocenters. The van der Waals surface area contributed by atoms with E-state index in [0.29, 0.717) is 28.8 Å². The molecule has 0 spiro atoms. The highest BCUT2D eigenvalue weighted by Crippen LogP contribution is 2.41. The van der Waals surface area contributed by atoms with Gasteiger partial charge in [-0.25, -0.2) is 23.1 Å². The van der Waals surface area contributed by atoms with Gasteiger partial charge >= 0.3 is 0 Å². The van der Waals surface area contributed by atoms with Crippen molar-refractivity contribution in [3.05, 3.63) is 65.1 Å². The lowest BCUT2D eigenvalue weighted by atomic mass is 9.80. The summed E-state index contributed by atoms with van der Waals surface area (Å²) in [6, 6.07) is 8.32. The van der Waals surface area contributed by atoms with Gasteiger partial charge in [-0.15, -0.1) is 0 Å². The van der Waals surface area contributed by atoms with Gasteiger partial charge in [0.05, 0.1) is 6.20 Å². The van der Waals surface area contributed by atoms with Crippen molar-refractivity contribution in [1.82, 2.24) is 15.3 Å². The maximum absolute atomic E-state index is 15.4. The van der Waals surface area contributed by atoms with E-state index >= 15 is 4.39 Å². The molecule has 2 aliphatic heterocycles. The van der Waals surface area contributed by atoms with Gasteiger partial charge in [0.2, 0.25) is 5.95 Å². The standard InChI is InChI=1S/C29H34F3N5/c1-17(2)37-16-29(3,4)14-22-23(30)11-19(12-26(22)37)27-25(32)15-34-28(36-27)35-20-5-6-21(24(31)13-20)18-7-9-33-10-8-18/h5-6,11-13,15,17-18,33H,7-10,14,16H2,1-4H3,(H,34,35,36). The number of anilines is 3. The Balaban J connectivity index is 1.45. The molecule has 0 saturated carbocycles. The number of hydrogen-bond acceptors (Lipinski definition) is 5. The smallest absolute Gasteiger partial charge is 0.227 e. The average molecular weight is 510 g/mol. The van der Waals surface area contributed by atoms with Gasteiger partial charge in [0.1, 0.15) is 17.3 Å². The third-order valence-electron chi connectivity index (χ3n) is 7.41. The van der Waals surface area contributed by atoms with E-state index in [9.17, 15) is 8.78 Å². The molecule has 0 aliphatic carbocycles. The first-order valence-electron chi connectivity index (χ1n) is 13.0. The molecule has 3 aromatic rings. The molecule has 0 atom stereocenters. The lowest BCUT2D eigenvalue weighted by Crippen LogP contribution is -2.44. The number of fused-ring (bicyclic) bond motifs is 1. The number of benzene rings is 2. The molecule has 2 aromatic carbocycles. The van der Waals surface area contributed by atoms with Gasteiger partial charge in [-0.05, 0) is 87.4 Å². The summed E-state index contributed by atoms with van der Waals surface area (Å²) in [6.45, 7) is 10.9. The largest absolute Gasteiger partial charge is 0.368 e. The van der Waals surface area contributed by atoms with Gasteiger partial charge in [0.25, 0.3) is 0 Å². The molecular formula is C29H34F3N5. The van der Waals surface area contributed by atoms with Crippen LogP contribution in [0, 0.1) is 22.9 Å². The maximum Gasteiger partial charge on any atom is 0.227 e. The van der Waals surface area contributed by atoms with Crippen molar-refractivity contribution in [3.63, 3.8) is 0 Å². The van der Waals surface area contributed by atoms with E-state index in [1.807, 2.05) is 6.07 Å². The minimum absolute atomic E-state index is 0.000428. The van der Waals surface area contributed by atoms with Crippen LogP contribution >= 0.6 is 0 Å². The van der Waals surface area contributed by atoms with Gasteiger partial charge in [-0.3, -0.25) is 0 Å². The molecule has 37 heavy (non-hydrogen) atoms. The molecule has 1 aromatic heterocycles. The number of nitrogens with zero attached hydrogens (tertiary/aromatic N) is 3. The third kappa shape index (κ3) is 5.30. The zero-order valence-electron chi connectivity index (χ0n) is 21.8. The van der Waals surface area contributed by atoms with Crippen molar-refractivity contribution in [2.24, 2.45) is 5.41 Å². The van der Waals surface area contributed by atoms with E-state index in [-0.39, 0.29) is 40.7 Å². The molecule has 196 valence electrons. The summed E-state index contributed by atoms with van der Waals surface area (Å²) >= 11 is 0. The first kappa shape index (κ1) is 25.5. The average Bonchev–Trinajstić information content (AvgIpc) is 2.85. The highest BCUT2D eigenvalue weighted by Gasteiger charge is 2.34. The van der Waals surface area contributed by atoms with Crippen LogP contribution in [0.25, 0.3) is 11.3 Å². The Morgan fingerprint density at radius 1 is 1.03 bits per heavy atom. The lowest BCUT2D eigenvalue weighted by Gasteiger charge is -2.43. The van der Waals surface area contributed by atoms with Crippen LogP contribution in [0.15, 0.2) is 36.5 Å². The molecule has 8 heteroatoms. The molecule has 2 N–H and O–H groups in total. The summed E-state index contributed by atoms with van der Waals surface area (Å²) < 4.78 is 45.2. The van der Waals surface area contributed by atoms with Crippen molar-refractivity contribution in [2.75, 3.05) is 29.9 Å². The molecular weight excluding hydrogens is 475 g/mol. The normalized spacial score (nSPS) is 17.7. The van der Waals surface area contributed by atoms with Crippen LogP contribution < -0.4 is 15.5 Å². The van der Waals surface area contributed by atoms with Crippen LogP contribution in [0.4, 0.5) is 30.5 Å². The molecule has 0 amide bonds. The fourth-order valence-electron chi connectivity index (χ4n) is 5.56. The van der Waals surface area contributed by atoms with E-state index < -0.39 is 5.82 Å². The molecule has 5 rings (SSSR count). The summed E-state index contributed by atoms with van der Waals surface area (Å²) in [5.74, 6) is -0.990. The summed E-state index contributed by atoms with van der Waals surface area (Å²) in [4.78, 5) is 10.6. The van der Waals surface area contributed by atoms with E-state index in [1.165, 1.54) is 12.1 Å². The maximum atomic E-state index is 15.4. The fourth-order valence-corrected chi connectivity index (χ4v) is 5.56. The van der Waals surface area contributed by atoms with Gasteiger partial charge in [-0.2, -0.15) is 0 Å². The number of rotatable bonds is 5. The molecule has 5 nitrogen and oxygen atoms in total. The second-order valence-corrected chi connectivity index (χ2v) is 11.3. The predicted octanol–water partition coefficient (Wildman–Crippen LogP) is 6.57. The summed E-state index contributed by atoms with van der Waals surface area (Å²) in [5.41, 5.74) is 2.86. The highest BCUT2D eigenvalue weighted by atomic mass is 19.1. The number of halogens is 3. The van der Waals surface area contributed by atoms with Crippen LogP contribution in [-0.4, -0.2) is 35.6 Å². The minimum atomic E-state index is -0.649. The number of nitrogens with one attached hydrogen (secondary N) is 2. The first-order chi connectivity index (χ1) is 17.6. The quantitative estimate of drug-likeness (QED) is 0.408. The molecule has 2 aliphatic rings. The van der Waals surface area contributed by atoms with E-state index in [4.69, 9.17) is 0 Å². The van der Waals surface area contributed by atoms with E-state index in [0.717, 1.165) is 44.4 Å². The first-order valence-corrected chi connectivity index (χ1v) is 13.0. The fraction of sp³-hybridized carbons (Fsp3) is 0.448. The third-order valence-corrected chi connectivity index (χ3v) is 7.41. The second kappa shape index (κ2) is 9.97. The van der Waals surface area contributed by atoms with Crippen LogP contribution in [0.2, 0.25) is 0 Å². The summed E-state index contributed by atoms with van der Waals surface area (Å²) in [5, 5.41) is 6.28. The van der Waals surface area contributed by atoms with E-state index in [1.54, 1.807) is 12.1 Å². The Morgan fingerprint density at radius 3 is 2.49 bits per heavy atom. The zero-order chi connectivity index (χ0) is 26.3. The molecule has 3 heterocycles. The lowest BCUT2D eigenvalue weighted by molar-refractivity contribution is 0.332. The van der Waals surface area contributed by atoms with Crippen molar-refractivity contribution in [3.8, 4) is 11.3 Å². The van der Waals surface area contributed by atoms with Crippen LogP contribution in [0.1, 0.15) is 57.6 Å². The van der Waals surface area contributed by atoms with Crippen molar-refractivity contribution >= 4 is 17.3 Å². The number of hydrogen-bond donors (Lipinski definition) is 2. The van der Waals surface area contributed by atoms with Crippen LogP contribution in [-0.2, 0) is 6.42 Å². The van der Waals surface area contributed by atoms with Crippen molar-refractivity contribution in [2.45, 2.75) is 58.9 Å². The Kier molecular flexibility index (Phi) is 6.88. The van der Waals surface area contributed by atoms with Crippen LogP contribution in [0.5, 0.6) is 0 Å². The van der Waals surface area contributed by atoms with E-state index in [2.05, 4.69) is 53.2 Å². The summed E-state index contributed by atoms with van der Waals surface area (Å²) in [6.07, 6.45) is 3.47. The van der Waals surface area contributed by atoms with Crippen molar-refractivity contribution < 1.29 is 13.2 Å². The zero-order valence-corrected chi connectivity index (χ0v) is 21.8. The molecule has 1 saturated heterocycles. The van der Waals surface area contributed by atoms with Gasteiger partial charge in [-0.1, -0.05) is 19.9 Å². The van der Waals surface area contributed by atoms with Gasteiger partial charge in [0.15, 0.2) is 5.82 Å². The van der Waals surface area contributed by atoms with Gasteiger partial charge in [0, 0.05) is 35.1 Å². The van der Waals surface area contributed by atoms with Crippen LogP contribution in [0.3, 0.4) is 0 Å². The highest BCUT2D eigenvalue weighted by molar-refractivity contribution is 5.71. The number of piperidine rings is 1. The monoisotopic (exact) mass is 509 g/mol.